The van der Waals surface area contributed by atoms with Crippen LogP contribution in [0.15, 0.2) is 30.7 Å². The van der Waals surface area contributed by atoms with E-state index in [0.717, 1.165) is 19.3 Å². The fourth-order valence-corrected chi connectivity index (χ4v) is 2.93. The van der Waals surface area contributed by atoms with Crippen LogP contribution in [0.2, 0.25) is 0 Å². The molecule has 1 fully saturated rings. The third kappa shape index (κ3) is 4.98. The molecule has 2 N–H and O–H groups in total. The van der Waals surface area contributed by atoms with Crippen molar-refractivity contribution in [1.82, 2.24) is 29.9 Å². The molecule has 1 aliphatic rings. The summed E-state index contributed by atoms with van der Waals surface area (Å²) in [6.45, 7) is 0.875. The Morgan fingerprint density at radius 3 is 2.47 bits per heavy atom. The lowest BCUT2D eigenvalue weighted by atomic mass is 10.0. The summed E-state index contributed by atoms with van der Waals surface area (Å²) < 4.78 is 65.3. The van der Waals surface area contributed by atoms with Gasteiger partial charge in [0.15, 0.2) is 5.82 Å². The number of hydrogen-bond donors (Lipinski definition) is 2. The molecule has 0 spiro atoms. The van der Waals surface area contributed by atoms with E-state index in [1.54, 1.807) is 12.1 Å². The molecule has 0 radical (unpaired) electrons. The lowest BCUT2D eigenvalue weighted by Crippen LogP contribution is -2.34. The molecule has 3 aromatic rings. The van der Waals surface area contributed by atoms with E-state index in [1.165, 1.54) is 6.20 Å². The first-order valence-corrected chi connectivity index (χ1v) is 9.94. The van der Waals surface area contributed by atoms with Crippen LogP contribution in [0.5, 0.6) is 0 Å². The van der Waals surface area contributed by atoms with Gasteiger partial charge in [-0.05, 0) is 31.9 Å². The Balaban J connectivity index is 1.71. The number of pyridine rings is 1. The van der Waals surface area contributed by atoms with E-state index >= 15 is 0 Å². The van der Waals surface area contributed by atoms with Gasteiger partial charge in [-0.15, -0.1) is 0 Å². The van der Waals surface area contributed by atoms with Gasteiger partial charge < -0.3 is 10.6 Å². The predicted molar refractivity (Wildman–Crippen MR) is 109 cm³/mol. The van der Waals surface area contributed by atoms with Crippen molar-refractivity contribution in [2.24, 2.45) is 0 Å². The zero-order valence-corrected chi connectivity index (χ0v) is 17.5. The summed E-state index contributed by atoms with van der Waals surface area (Å²) in [7, 11) is 0. The number of hydrogen-bond acceptors (Lipinski definition) is 9. The number of rotatable bonds is 7. The highest BCUT2D eigenvalue weighted by atomic mass is 19.4. The Hall–Kier alpha value is -4.02. The first kappa shape index (κ1) is 23.1. The maximum atomic E-state index is 13.1. The minimum atomic E-state index is -4.59. The van der Waals surface area contributed by atoms with Crippen molar-refractivity contribution in [3.8, 4) is 17.6 Å². The second-order valence-corrected chi connectivity index (χ2v) is 7.59. The number of nitrogens with one attached hydrogen (secondary N) is 2. The zero-order chi connectivity index (χ0) is 24.5. The summed E-state index contributed by atoms with van der Waals surface area (Å²) in [6, 6.07) is 3.39. The molecular weight excluding hydrogens is 461 g/mol. The molecule has 0 bridgehead atoms. The summed E-state index contributed by atoms with van der Waals surface area (Å²) in [5.74, 6) is -0.897. The van der Waals surface area contributed by atoms with E-state index in [-0.39, 0.29) is 17.5 Å². The Morgan fingerprint density at radius 2 is 1.82 bits per heavy atom. The highest BCUT2D eigenvalue weighted by Gasteiger charge is 2.46. The maximum Gasteiger partial charge on any atom is 0.408 e. The molecular formula is C20H16F5N9. The SMILES string of the molecule is C[C@H](Nc1nc(Nc2ccnc(C3(C#N)CC3)c2)nc(-c2cncc(C(F)F)n2)n1)C(F)(F)F. The van der Waals surface area contributed by atoms with Gasteiger partial charge in [0.05, 0.1) is 29.6 Å². The monoisotopic (exact) mass is 477 g/mol. The third-order valence-corrected chi connectivity index (χ3v) is 5.05. The number of anilines is 3. The summed E-state index contributed by atoms with van der Waals surface area (Å²) >= 11 is 0. The molecule has 3 heterocycles. The fraction of sp³-hybridized carbons (Fsp3) is 0.350. The minimum Gasteiger partial charge on any atom is -0.343 e. The number of aromatic nitrogens is 6. The molecule has 9 nitrogen and oxygen atoms in total. The standard InChI is InChI=1S/C20H16F5N9/c1-10(20(23,24)25)29-17-32-16(13-8-27-7-12(31-13)15(21)22)33-18(34-17)30-11-2-5-28-14(6-11)19(9-26)3-4-19/h2,5-8,10,15H,3-4H2,1H3,(H2,28,29,30,32,33,34)/t10-/m0/s1. The second kappa shape index (κ2) is 8.73. The number of halogens is 5. The highest BCUT2D eigenvalue weighted by molar-refractivity contribution is 5.59. The van der Waals surface area contributed by atoms with Crippen molar-refractivity contribution in [2.75, 3.05) is 10.6 Å². The van der Waals surface area contributed by atoms with Gasteiger partial charge in [0.1, 0.15) is 17.4 Å². The van der Waals surface area contributed by atoms with Crippen LogP contribution in [0, 0.1) is 11.3 Å². The molecule has 34 heavy (non-hydrogen) atoms. The van der Waals surface area contributed by atoms with Crippen LogP contribution in [0.25, 0.3) is 11.5 Å². The molecule has 4 rings (SSSR count). The van der Waals surface area contributed by atoms with Gasteiger partial charge in [-0.1, -0.05) is 0 Å². The molecule has 0 saturated heterocycles. The summed E-state index contributed by atoms with van der Waals surface area (Å²) in [6.07, 6.45) is -2.74. The van der Waals surface area contributed by atoms with Crippen LogP contribution in [0.1, 0.15) is 37.6 Å². The third-order valence-electron chi connectivity index (χ3n) is 5.05. The molecule has 176 valence electrons. The quantitative estimate of drug-likeness (QED) is 0.479. The van der Waals surface area contributed by atoms with Crippen LogP contribution < -0.4 is 10.6 Å². The molecule has 3 aromatic heterocycles. The zero-order valence-electron chi connectivity index (χ0n) is 17.5. The lowest BCUT2D eigenvalue weighted by Gasteiger charge is -2.18. The van der Waals surface area contributed by atoms with Gasteiger partial charge in [0.25, 0.3) is 6.43 Å². The van der Waals surface area contributed by atoms with E-state index in [1.807, 2.05) is 0 Å². The van der Waals surface area contributed by atoms with Crippen LogP contribution >= 0.6 is 0 Å². The Morgan fingerprint density at radius 1 is 1.09 bits per heavy atom. The second-order valence-electron chi connectivity index (χ2n) is 7.59. The summed E-state index contributed by atoms with van der Waals surface area (Å²) in [5, 5.41) is 14.4. The van der Waals surface area contributed by atoms with Crippen molar-refractivity contribution in [3.63, 3.8) is 0 Å². The molecule has 1 atom stereocenters. The molecule has 0 aromatic carbocycles. The minimum absolute atomic E-state index is 0.176. The first-order chi connectivity index (χ1) is 16.1. The molecule has 0 amide bonds. The molecule has 14 heteroatoms. The van der Waals surface area contributed by atoms with Gasteiger partial charge in [-0.3, -0.25) is 9.97 Å². The van der Waals surface area contributed by atoms with Gasteiger partial charge in [-0.2, -0.15) is 33.4 Å². The molecule has 0 unspecified atom stereocenters. The van der Waals surface area contributed by atoms with Gasteiger partial charge >= 0.3 is 6.18 Å². The van der Waals surface area contributed by atoms with E-state index in [0.29, 0.717) is 24.2 Å². The maximum absolute atomic E-state index is 13.1. The van der Waals surface area contributed by atoms with E-state index < -0.39 is 35.7 Å². The van der Waals surface area contributed by atoms with E-state index in [9.17, 15) is 27.2 Å². The Kier molecular flexibility index (Phi) is 5.94. The normalized spacial score (nSPS) is 15.5. The molecule has 1 aliphatic carbocycles. The summed E-state index contributed by atoms with van der Waals surface area (Å²) in [5.41, 5.74) is -0.527. The van der Waals surface area contributed by atoms with Gasteiger partial charge in [0, 0.05) is 11.9 Å². The first-order valence-electron chi connectivity index (χ1n) is 9.94. The van der Waals surface area contributed by atoms with Crippen molar-refractivity contribution in [1.29, 1.82) is 5.26 Å². The average molecular weight is 477 g/mol. The van der Waals surface area contributed by atoms with Crippen molar-refractivity contribution >= 4 is 17.6 Å². The average Bonchev–Trinajstić information content (AvgIpc) is 3.60. The Labute approximate surface area is 189 Å². The number of nitriles is 1. The summed E-state index contributed by atoms with van der Waals surface area (Å²) in [4.78, 5) is 23.6. The Bertz CT molecular complexity index is 1240. The molecule has 1 saturated carbocycles. The smallest absolute Gasteiger partial charge is 0.343 e. The van der Waals surface area contributed by atoms with Crippen LogP contribution in [-0.4, -0.2) is 42.1 Å². The van der Waals surface area contributed by atoms with E-state index in [4.69, 9.17) is 0 Å². The topological polar surface area (TPSA) is 125 Å². The lowest BCUT2D eigenvalue weighted by molar-refractivity contribution is -0.138. The van der Waals surface area contributed by atoms with Crippen LogP contribution in [0.3, 0.4) is 0 Å². The van der Waals surface area contributed by atoms with E-state index in [2.05, 4.69) is 46.6 Å². The van der Waals surface area contributed by atoms with Crippen LogP contribution in [0.4, 0.5) is 39.5 Å². The number of nitrogens with zero attached hydrogens (tertiary/aromatic N) is 7. The van der Waals surface area contributed by atoms with Crippen molar-refractivity contribution in [3.05, 3.63) is 42.1 Å². The van der Waals surface area contributed by atoms with Gasteiger partial charge in [0.2, 0.25) is 11.9 Å². The van der Waals surface area contributed by atoms with Crippen LogP contribution in [-0.2, 0) is 5.41 Å². The van der Waals surface area contributed by atoms with Crippen molar-refractivity contribution < 1.29 is 22.0 Å². The highest BCUT2D eigenvalue weighted by Crippen LogP contribution is 2.47. The largest absolute Gasteiger partial charge is 0.408 e. The predicted octanol–water partition coefficient (Wildman–Crippen LogP) is 4.32. The number of alkyl halides is 5. The molecule has 0 aliphatic heterocycles. The van der Waals surface area contributed by atoms with Crippen molar-refractivity contribution in [2.45, 2.75) is 43.8 Å². The van der Waals surface area contributed by atoms with Gasteiger partial charge in [-0.25, -0.2) is 13.8 Å². The fourth-order valence-electron chi connectivity index (χ4n) is 2.93.